The number of para-hydroxylation sites is 1. The molecule has 1 heterocycles. The molecular formula is C42H34N2. The van der Waals surface area contributed by atoms with Crippen LogP contribution in [0.15, 0.2) is 169 Å². The van der Waals surface area contributed by atoms with Crippen molar-refractivity contribution in [2.45, 2.75) is 19.3 Å². The SMILES string of the molecule is C=C/C=C\C(=C)/C(C)=N/C(=C\C)n1c2ccccc2c2cc3c(cc21)-c1ccccc1C3(c1ccccc1)c1ccccc1. The van der Waals surface area contributed by atoms with Gasteiger partial charge >= 0.3 is 0 Å². The van der Waals surface area contributed by atoms with Crippen LogP contribution in [0.2, 0.25) is 0 Å². The maximum absolute atomic E-state index is 5.11. The molecule has 1 aromatic heterocycles. The highest BCUT2D eigenvalue weighted by molar-refractivity contribution is 6.13. The summed E-state index contributed by atoms with van der Waals surface area (Å²) in [6, 6.07) is 44.3. The fourth-order valence-electron chi connectivity index (χ4n) is 6.94. The smallest absolute Gasteiger partial charge is 0.133 e. The lowest BCUT2D eigenvalue weighted by atomic mass is 9.67. The monoisotopic (exact) mass is 566 g/mol. The fraction of sp³-hybridized carbons (Fsp3) is 0.0714. The standard InChI is InChI=1S/C42H34N2/c1-5-7-18-29(3)30(4)43-41(6-2)44-39-26-17-15-24-34(39)36-27-38-35(28-40(36)44)33-23-14-16-25-37(33)42(38,31-19-10-8-11-20-31)32-21-12-9-13-22-32/h5-28H,1,3H2,2,4H3/b18-7-,41-6+,43-30+. The Labute approximate surface area is 259 Å². The summed E-state index contributed by atoms with van der Waals surface area (Å²) in [5.41, 5.74) is 11.2. The third kappa shape index (κ3) is 4.06. The van der Waals surface area contributed by atoms with E-state index in [9.17, 15) is 0 Å². The van der Waals surface area contributed by atoms with E-state index in [-0.39, 0.29) is 0 Å². The van der Waals surface area contributed by atoms with E-state index in [1.165, 1.54) is 44.2 Å². The van der Waals surface area contributed by atoms with Crippen LogP contribution >= 0.6 is 0 Å². The number of rotatable bonds is 7. The van der Waals surface area contributed by atoms with E-state index in [1.54, 1.807) is 6.08 Å². The summed E-state index contributed by atoms with van der Waals surface area (Å²) in [4.78, 5) is 5.11. The molecule has 0 radical (unpaired) electrons. The molecule has 7 rings (SSSR count). The zero-order chi connectivity index (χ0) is 30.3. The van der Waals surface area contributed by atoms with Crippen LogP contribution in [0.25, 0.3) is 38.8 Å². The molecule has 212 valence electrons. The zero-order valence-corrected chi connectivity index (χ0v) is 25.2. The van der Waals surface area contributed by atoms with E-state index in [0.29, 0.717) is 0 Å². The summed E-state index contributed by atoms with van der Waals surface area (Å²) < 4.78 is 2.30. The van der Waals surface area contributed by atoms with E-state index in [0.717, 1.165) is 28.1 Å². The number of allylic oxidation sites excluding steroid dienone is 5. The highest BCUT2D eigenvalue weighted by atomic mass is 15.1. The van der Waals surface area contributed by atoms with Gasteiger partial charge in [-0.25, -0.2) is 4.99 Å². The average Bonchev–Trinajstić information content (AvgIpc) is 3.56. The molecule has 2 nitrogen and oxygen atoms in total. The molecule has 5 aromatic carbocycles. The maximum Gasteiger partial charge on any atom is 0.133 e. The van der Waals surface area contributed by atoms with Crippen LogP contribution in [0.1, 0.15) is 36.1 Å². The molecule has 0 unspecified atom stereocenters. The van der Waals surface area contributed by atoms with Crippen molar-refractivity contribution in [2.75, 3.05) is 0 Å². The number of nitrogens with zero attached hydrogens (tertiary/aromatic N) is 2. The van der Waals surface area contributed by atoms with Crippen molar-refractivity contribution in [1.82, 2.24) is 4.57 Å². The predicted octanol–water partition coefficient (Wildman–Crippen LogP) is 10.7. The van der Waals surface area contributed by atoms with Gasteiger partial charge in [0.1, 0.15) is 5.82 Å². The molecule has 0 amide bonds. The Morgan fingerprint density at radius 2 is 1.34 bits per heavy atom. The normalized spacial score (nSPS) is 14.2. The number of hydrogen-bond acceptors (Lipinski definition) is 1. The van der Waals surface area contributed by atoms with Gasteiger partial charge in [0.2, 0.25) is 0 Å². The summed E-state index contributed by atoms with van der Waals surface area (Å²) in [6.45, 7) is 12.1. The average molecular weight is 567 g/mol. The number of hydrogen-bond donors (Lipinski definition) is 0. The molecule has 0 bridgehead atoms. The largest absolute Gasteiger partial charge is 0.294 e. The van der Waals surface area contributed by atoms with Crippen LogP contribution in [-0.4, -0.2) is 10.3 Å². The molecule has 2 heteroatoms. The molecule has 0 fully saturated rings. The highest BCUT2D eigenvalue weighted by Gasteiger charge is 2.46. The summed E-state index contributed by atoms with van der Waals surface area (Å²) in [5.74, 6) is 0.866. The Kier molecular flexibility index (Phi) is 6.83. The van der Waals surface area contributed by atoms with Gasteiger partial charge in [0, 0.05) is 16.5 Å². The Balaban J connectivity index is 1.58. The minimum atomic E-state index is -0.445. The van der Waals surface area contributed by atoms with Gasteiger partial charge in [-0.2, -0.15) is 0 Å². The second kappa shape index (κ2) is 11.0. The van der Waals surface area contributed by atoms with Crippen LogP contribution in [0.4, 0.5) is 0 Å². The van der Waals surface area contributed by atoms with Crippen molar-refractivity contribution in [2.24, 2.45) is 4.99 Å². The first-order chi connectivity index (χ1) is 21.6. The number of benzene rings is 5. The van der Waals surface area contributed by atoms with Gasteiger partial charge in [0.25, 0.3) is 0 Å². The van der Waals surface area contributed by atoms with E-state index in [4.69, 9.17) is 4.99 Å². The summed E-state index contributed by atoms with van der Waals surface area (Å²) >= 11 is 0. The molecule has 0 atom stereocenters. The molecule has 6 aromatic rings. The van der Waals surface area contributed by atoms with E-state index < -0.39 is 5.41 Å². The maximum atomic E-state index is 5.11. The molecule has 0 spiro atoms. The molecule has 0 saturated carbocycles. The molecule has 1 aliphatic rings. The second-order valence-corrected chi connectivity index (χ2v) is 11.3. The molecular weight excluding hydrogens is 532 g/mol. The lowest BCUT2D eigenvalue weighted by Gasteiger charge is -2.33. The molecule has 0 N–H and O–H groups in total. The van der Waals surface area contributed by atoms with Crippen LogP contribution in [0.5, 0.6) is 0 Å². The first-order valence-electron chi connectivity index (χ1n) is 15.1. The van der Waals surface area contributed by atoms with Crippen LogP contribution in [0.3, 0.4) is 0 Å². The second-order valence-electron chi connectivity index (χ2n) is 11.3. The fourth-order valence-corrected chi connectivity index (χ4v) is 6.94. The minimum Gasteiger partial charge on any atom is -0.294 e. The Morgan fingerprint density at radius 1 is 0.705 bits per heavy atom. The lowest BCUT2D eigenvalue weighted by molar-refractivity contribution is 0.769. The molecule has 0 aliphatic heterocycles. The summed E-state index contributed by atoms with van der Waals surface area (Å²) in [5, 5.41) is 2.41. The van der Waals surface area contributed by atoms with Gasteiger partial charge in [-0.3, -0.25) is 4.57 Å². The summed E-state index contributed by atoms with van der Waals surface area (Å²) in [7, 11) is 0. The van der Waals surface area contributed by atoms with E-state index in [1.807, 2.05) is 26.0 Å². The Morgan fingerprint density at radius 3 is 2.02 bits per heavy atom. The minimum absolute atomic E-state index is 0.445. The Bertz CT molecular complexity index is 2110. The van der Waals surface area contributed by atoms with Crippen molar-refractivity contribution in [1.29, 1.82) is 0 Å². The number of aromatic nitrogens is 1. The van der Waals surface area contributed by atoms with Gasteiger partial charge in [-0.05, 0) is 77.1 Å². The van der Waals surface area contributed by atoms with Crippen molar-refractivity contribution in [3.8, 4) is 11.1 Å². The summed E-state index contributed by atoms with van der Waals surface area (Å²) in [6.07, 6.45) is 7.68. The van der Waals surface area contributed by atoms with Crippen LogP contribution in [0, 0.1) is 0 Å². The van der Waals surface area contributed by atoms with Gasteiger partial charge in [-0.15, -0.1) is 0 Å². The highest BCUT2D eigenvalue weighted by Crippen LogP contribution is 2.57. The van der Waals surface area contributed by atoms with Crippen molar-refractivity contribution in [3.63, 3.8) is 0 Å². The predicted molar refractivity (Wildman–Crippen MR) is 188 cm³/mol. The van der Waals surface area contributed by atoms with Gasteiger partial charge in [0.05, 0.1) is 16.4 Å². The Hall–Kier alpha value is -5.47. The molecule has 0 saturated heterocycles. The first-order valence-corrected chi connectivity index (χ1v) is 15.1. The van der Waals surface area contributed by atoms with Crippen molar-refractivity contribution < 1.29 is 0 Å². The van der Waals surface area contributed by atoms with Crippen molar-refractivity contribution >= 4 is 33.3 Å². The van der Waals surface area contributed by atoms with Gasteiger partial charge < -0.3 is 0 Å². The molecule has 1 aliphatic carbocycles. The number of aliphatic imine (C=N–C) groups is 1. The topological polar surface area (TPSA) is 17.3 Å². The third-order valence-electron chi connectivity index (χ3n) is 8.92. The van der Waals surface area contributed by atoms with E-state index in [2.05, 4.69) is 145 Å². The van der Waals surface area contributed by atoms with Crippen LogP contribution < -0.4 is 0 Å². The zero-order valence-electron chi connectivity index (χ0n) is 25.2. The van der Waals surface area contributed by atoms with Crippen LogP contribution in [-0.2, 0) is 5.41 Å². The van der Waals surface area contributed by atoms with Gasteiger partial charge in [-0.1, -0.05) is 135 Å². The quantitative estimate of drug-likeness (QED) is 0.135. The van der Waals surface area contributed by atoms with Crippen molar-refractivity contribution in [3.05, 3.63) is 187 Å². The first kappa shape index (κ1) is 27.4. The van der Waals surface area contributed by atoms with E-state index >= 15 is 0 Å². The molecule has 44 heavy (non-hydrogen) atoms. The lowest BCUT2D eigenvalue weighted by Crippen LogP contribution is -2.28. The van der Waals surface area contributed by atoms with Gasteiger partial charge in [0.15, 0.2) is 0 Å². The third-order valence-corrected chi connectivity index (χ3v) is 8.92. The number of fused-ring (bicyclic) bond motifs is 6.